The average Bonchev–Trinajstić information content (AvgIpc) is 2.59. The maximum atomic E-state index is 5.49. The van der Waals surface area contributed by atoms with Crippen molar-refractivity contribution in [1.82, 2.24) is 5.32 Å². The van der Waals surface area contributed by atoms with Gasteiger partial charge >= 0.3 is 0 Å². The number of hydrogen-bond acceptors (Lipinski definition) is 3. The molecule has 0 amide bonds. The van der Waals surface area contributed by atoms with Crippen molar-refractivity contribution in [2.75, 3.05) is 26.9 Å². The van der Waals surface area contributed by atoms with E-state index in [1.165, 1.54) is 19.3 Å². The summed E-state index contributed by atoms with van der Waals surface area (Å²) in [6, 6.07) is 1.15. The number of methoxy groups -OCH3 is 1. The smallest absolute Gasteiger partial charge is 0.0701 e. The predicted molar refractivity (Wildman–Crippen MR) is 62.1 cm³/mol. The summed E-state index contributed by atoms with van der Waals surface area (Å²) in [5, 5.41) is 3.64. The first-order valence-corrected chi connectivity index (χ1v) is 6.06. The molecule has 1 aliphatic rings. The molecule has 1 rings (SSSR count). The van der Waals surface area contributed by atoms with E-state index in [1.807, 2.05) is 0 Å². The molecule has 0 aliphatic heterocycles. The first kappa shape index (κ1) is 12.9. The molecule has 0 spiro atoms. The van der Waals surface area contributed by atoms with E-state index >= 15 is 0 Å². The SMILES string of the molecule is COCCOCC(C)NC1CCCC1C. The third kappa shape index (κ3) is 4.96. The van der Waals surface area contributed by atoms with E-state index in [2.05, 4.69) is 19.2 Å². The Kier molecular flexibility index (Phi) is 6.22. The van der Waals surface area contributed by atoms with Gasteiger partial charge in [-0.25, -0.2) is 0 Å². The van der Waals surface area contributed by atoms with Crippen LogP contribution in [-0.2, 0) is 9.47 Å². The van der Waals surface area contributed by atoms with E-state index in [-0.39, 0.29) is 0 Å². The summed E-state index contributed by atoms with van der Waals surface area (Å²) >= 11 is 0. The van der Waals surface area contributed by atoms with E-state index in [4.69, 9.17) is 9.47 Å². The highest BCUT2D eigenvalue weighted by Gasteiger charge is 2.24. The van der Waals surface area contributed by atoms with E-state index in [0.29, 0.717) is 25.3 Å². The Labute approximate surface area is 93.5 Å². The summed E-state index contributed by atoms with van der Waals surface area (Å²) in [4.78, 5) is 0. The fraction of sp³-hybridized carbons (Fsp3) is 1.00. The second-order valence-electron chi connectivity index (χ2n) is 4.65. The number of hydrogen-bond donors (Lipinski definition) is 1. The number of nitrogens with one attached hydrogen (secondary N) is 1. The summed E-state index contributed by atoms with van der Waals surface area (Å²) in [6.07, 6.45) is 4.06. The first-order chi connectivity index (χ1) is 7.24. The molecule has 90 valence electrons. The summed E-state index contributed by atoms with van der Waals surface area (Å²) in [5.74, 6) is 0.825. The molecule has 0 aromatic carbocycles. The molecule has 3 atom stereocenters. The molecule has 1 saturated carbocycles. The molecule has 0 saturated heterocycles. The lowest BCUT2D eigenvalue weighted by molar-refractivity contribution is 0.0587. The van der Waals surface area contributed by atoms with Crippen LogP contribution >= 0.6 is 0 Å². The summed E-state index contributed by atoms with van der Waals surface area (Å²) in [5.41, 5.74) is 0. The van der Waals surface area contributed by atoms with Crippen molar-refractivity contribution in [2.24, 2.45) is 5.92 Å². The van der Waals surface area contributed by atoms with Gasteiger partial charge in [-0.2, -0.15) is 0 Å². The van der Waals surface area contributed by atoms with E-state index < -0.39 is 0 Å². The highest BCUT2D eigenvalue weighted by atomic mass is 16.5. The molecule has 3 nitrogen and oxygen atoms in total. The number of rotatable bonds is 7. The Morgan fingerprint density at radius 3 is 2.73 bits per heavy atom. The van der Waals surface area contributed by atoms with Gasteiger partial charge in [-0.3, -0.25) is 0 Å². The van der Waals surface area contributed by atoms with Crippen molar-refractivity contribution in [3.05, 3.63) is 0 Å². The van der Waals surface area contributed by atoms with Crippen LogP contribution in [0.15, 0.2) is 0 Å². The monoisotopic (exact) mass is 215 g/mol. The van der Waals surface area contributed by atoms with Crippen LogP contribution in [0.1, 0.15) is 33.1 Å². The van der Waals surface area contributed by atoms with Crippen LogP contribution in [0, 0.1) is 5.92 Å². The van der Waals surface area contributed by atoms with Crippen molar-refractivity contribution in [1.29, 1.82) is 0 Å². The van der Waals surface area contributed by atoms with E-state index in [9.17, 15) is 0 Å². The fourth-order valence-electron chi connectivity index (χ4n) is 2.21. The second-order valence-corrected chi connectivity index (χ2v) is 4.65. The zero-order valence-corrected chi connectivity index (χ0v) is 10.3. The summed E-state index contributed by atoms with van der Waals surface area (Å²) in [6.45, 7) is 6.70. The molecule has 1 aliphatic carbocycles. The number of ether oxygens (including phenoxy) is 2. The maximum Gasteiger partial charge on any atom is 0.0701 e. The molecule has 1 fully saturated rings. The molecule has 3 unspecified atom stereocenters. The molecule has 15 heavy (non-hydrogen) atoms. The zero-order chi connectivity index (χ0) is 11.1. The average molecular weight is 215 g/mol. The van der Waals surface area contributed by atoms with Gasteiger partial charge in [0.2, 0.25) is 0 Å². The molecule has 0 radical (unpaired) electrons. The van der Waals surface area contributed by atoms with Gasteiger partial charge in [0, 0.05) is 19.2 Å². The van der Waals surface area contributed by atoms with Crippen molar-refractivity contribution in [3.63, 3.8) is 0 Å². The van der Waals surface area contributed by atoms with Gasteiger partial charge in [0.05, 0.1) is 19.8 Å². The van der Waals surface area contributed by atoms with Gasteiger partial charge in [0.25, 0.3) is 0 Å². The standard InChI is InChI=1S/C12H25NO2/c1-10-5-4-6-12(10)13-11(2)9-15-8-7-14-3/h10-13H,4-9H2,1-3H3. The molecular weight excluding hydrogens is 190 g/mol. The Balaban J connectivity index is 2.04. The highest BCUT2D eigenvalue weighted by Crippen LogP contribution is 2.24. The Morgan fingerprint density at radius 2 is 2.13 bits per heavy atom. The van der Waals surface area contributed by atoms with Crippen LogP contribution < -0.4 is 5.32 Å². The lowest BCUT2D eigenvalue weighted by atomic mass is 10.1. The lowest BCUT2D eigenvalue weighted by Crippen LogP contribution is -2.40. The van der Waals surface area contributed by atoms with E-state index in [0.717, 1.165) is 12.5 Å². The molecule has 3 heteroatoms. The van der Waals surface area contributed by atoms with Gasteiger partial charge < -0.3 is 14.8 Å². The maximum absolute atomic E-state index is 5.49. The fourth-order valence-corrected chi connectivity index (χ4v) is 2.21. The Hall–Kier alpha value is -0.120. The third-order valence-corrected chi connectivity index (χ3v) is 3.16. The largest absolute Gasteiger partial charge is 0.382 e. The van der Waals surface area contributed by atoms with E-state index in [1.54, 1.807) is 7.11 Å². The molecular formula is C12H25NO2. The topological polar surface area (TPSA) is 30.5 Å². The molecule has 0 aromatic rings. The van der Waals surface area contributed by atoms with Crippen LogP contribution in [0.5, 0.6) is 0 Å². The van der Waals surface area contributed by atoms with Crippen LogP contribution in [0.3, 0.4) is 0 Å². The van der Waals surface area contributed by atoms with Crippen LogP contribution in [0.25, 0.3) is 0 Å². The van der Waals surface area contributed by atoms with Crippen molar-refractivity contribution in [3.8, 4) is 0 Å². The predicted octanol–water partition coefficient (Wildman–Crippen LogP) is 1.82. The van der Waals surface area contributed by atoms with Crippen LogP contribution in [0.4, 0.5) is 0 Å². The van der Waals surface area contributed by atoms with Crippen LogP contribution in [-0.4, -0.2) is 39.0 Å². The van der Waals surface area contributed by atoms with Crippen molar-refractivity contribution in [2.45, 2.75) is 45.2 Å². The minimum Gasteiger partial charge on any atom is -0.382 e. The third-order valence-electron chi connectivity index (χ3n) is 3.16. The van der Waals surface area contributed by atoms with Gasteiger partial charge in [0.1, 0.15) is 0 Å². The van der Waals surface area contributed by atoms with Crippen molar-refractivity contribution >= 4 is 0 Å². The summed E-state index contributed by atoms with van der Waals surface area (Å²) < 4.78 is 10.4. The van der Waals surface area contributed by atoms with Gasteiger partial charge in [-0.15, -0.1) is 0 Å². The molecule has 1 N–H and O–H groups in total. The second kappa shape index (κ2) is 7.20. The van der Waals surface area contributed by atoms with Crippen LogP contribution in [0.2, 0.25) is 0 Å². The normalized spacial score (nSPS) is 28.2. The molecule has 0 bridgehead atoms. The highest BCUT2D eigenvalue weighted by molar-refractivity contribution is 4.82. The Morgan fingerprint density at radius 1 is 1.33 bits per heavy atom. The summed E-state index contributed by atoms with van der Waals surface area (Å²) in [7, 11) is 1.70. The van der Waals surface area contributed by atoms with Gasteiger partial charge in [-0.1, -0.05) is 13.3 Å². The van der Waals surface area contributed by atoms with Crippen molar-refractivity contribution < 1.29 is 9.47 Å². The lowest BCUT2D eigenvalue weighted by Gasteiger charge is -2.22. The van der Waals surface area contributed by atoms with Gasteiger partial charge in [-0.05, 0) is 25.7 Å². The first-order valence-electron chi connectivity index (χ1n) is 6.06. The zero-order valence-electron chi connectivity index (χ0n) is 10.3. The minimum absolute atomic E-state index is 0.451. The van der Waals surface area contributed by atoms with Gasteiger partial charge in [0.15, 0.2) is 0 Å². The quantitative estimate of drug-likeness (QED) is 0.657. The minimum atomic E-state index is 0.451. The Bertz CT molecular complexity index is 164. The molecule has 0 aromatic heterocycles. The molecule has 0 heterocycles.